The number of urea groups is 1. The second-order valence-corrected chi connectivity index (χ2v) is 11.8. The van der Waals surface area contributed by atoms with E-state index < -0.39 is 20.1 Å². The second kappa shape index (κ2) is 8.24. The zero-order valence-electron chi connectivity index (χ0n) is 17.4. The van der Waals surface area contributed by atoms with Gasteiger partial charge in [0, 0.05) is 0 Å². The van der Waals surface area contributed by atoms with Crippen LogP contribution in [0, 0.1) is 15.0 Å². The van der Waals surface area contributed by atoms with Gasteiger partial charge in [-0.2, -0.15) is 5.26 Å². The Morgan fingerprint density at radius 3 is 2.31 bits per heavy atom. The third kappa shape index (κ3) is 4.03. The van der Waals surface area contributed by atoms with Crippen molar-refractivity contribution in [3.63, 3.8) is 0 Å². The third-order valence-corrected chi connectivity index (χ3v) is 8.95. The van der Waals surface area contributed by atoms with Gasteiger partial charge in [0.2, 0.25) is 0 Å². The standard InChI is InChI=1S/C24H21IN6O/c1-25-22-21(23(27)31-25)19(12-20(30-22)16-4-5-16)15-6-10-18(11-7-15)29-24(32)28-17-8-2-14(13-26)3-9-17/h2-3,6-12,16H,4-5H2,1H3,(H2,27,31)(H2,28,29,32). The molecule has 2 amide bonds. The van der Waals surface area contributed by atoms with E-state index in [4.69, 9.17) is 16.0 Å². The number of rotatable bonds is 4. The first-order valence-corrected chi connectivity index (χ1v) is 14.4. The Labute approximate surface area is 193 Å². The number of amidine groups is 1. The third-order valence-electron chi connectivity index (χ3n) is 5.45. The fourth-order valence-corrected chi connectivity index (χ4v) is 6.89. The number of anilines is 2. The van der Waals surface area contributed by atoms with Gasteiger partial charge in [-0.25, -0.2) is 0 Å². The van der Waals surface area contributed by atoms with Crippen molar-refractivity contribution < 1.29 is 4.79 Å². The Morgan fingerprint density at radius 1 is 1.09 bits per heavy atom. The van der Waals surface area contributed by atoms with Gasteiger partial charge >= 0.3 is 165 Å². The fourth-order valence-electron chi connectivity index (χ4n) is 3.66. The summed E-state index contributed by atoms with van der Waals surface area (Å²) in [5, 5.41) is 14.5. The molecular weight excluding hydrogens is 515 g/mol. The van der Waals surface area contributed by atoms with E-state index in [9.17, 15) is 4.79 Å². The maximum absolute atomic E-state index is 12.3. The van der Waals surface area contributed by atoms with Gasteiger partial charge in [0.1, 0.15) is 0 Å². The molecule has 2 aliphatic rings. The van der Waals surface area contributed by atoms with Crippen LogP contribution >= 0.6 is 20.1 Å². The fraction of sp³-hybridized carbons (Fsp3) is 0.167. The summed E-state index contributed by atoms with van der Waals surface area (Å²) in [5.41, 5.74) is 12.4. The average Bonchev–Trinajstić information content (AvgIpc) is 3.60. The molecular formula is C24H21IN6O. The molecule has 5 rings (SSSR count). The number of fused-ring (bicyclic) bond motifs is 1. The summed E-state index contributed by atoms with van der Waals surface area (Å²) >= 11 is -1.69. The molecule has 0 unspecified atom stereocenters. The normalized spacial score (nSPS) is 15.5. The van der Waals surface area contributed by atoms with Crippen LogP contribution in [0.25, 0.3) is 11.1 Å². The van der Waals surface area contributed by atoms with Crippen LogP contribution in [0.5, 0.6) is 0 Å². The predicted octanol–water partition coefficient (Wildman–Crippen LogP) is 5.08. The second-order valence-electron chi connectivity index (χ2n) is 7.79. The Kier molecular flexibility index (Phi) is 5.27. The molecule has 1 aliphatic heterocycles. The number of nitrogens with two attached hydrogens (primary N) is 1. The quantitative estimate of drug-likeness (QED) is 0.245. The predicted molar refractivity (Wildman–Crippen MR) is 135 cm³/mol. The van der Waals surface area contributed by atoms with Crippen molar-refractivity contribution in [1.82, 2.24) is 4.98 Å². The molecule has 2 aromatic carbocycles. The first kappa shape index (κ1) is 20.5. The van der Waals surface area contributed by atoms with Crippen LogP contribution in [0.2, 0.25) is 0 Å². The molecule has 8 heteroatoms. The van der Waals surface area contributed by atoms with E-state index >= 15 is 0 Å². The zero-order valence-corrected chi connectivity index (χ0v) is 19.6. The number of hydrogen-bond donors (Lipinski definition) is 3. The molecule has 1 aliphatic carbocycles. The monoisotopic (exact) mass is 536 g/mol. The number of nitrogens with one attached hydrogen (secondary N) is 2. The number of carbonyl (C=O) groups is 1. The van der Waals surface area contributed by atoms with Gasteiger partial charge in [-0.3, -0.25) is 0 Å². The number of carbonyl (C=O) groups excluding carboxylic acids is 1. The molecule has 0 bridgehead atoms. The summed E-state index contributed by atoms with van der Waals surface area (Å²) in [6.45, 7) is 0. The van der Waals surface area contributed by atoms with Crippen LogP contribution in [0.15, 0.2) is 57.8 Å². The Hall–Kier alpha value is -3.45. The number of hydrogen-bond acceptors (Lipinski definition) is 5. The van der Waals surface area contributed by atoms with Crippen molar-refractivity contribution in [1.29, 1.82) is 5.26 Å². The summed E-state index contributed by atoms with van der Waals surface area (Å²) in [4.78, 5) is 19.4. The topological polar surface area (TPSA) is 116 Å². The number of benzene rings is 2. The molecule has 1 fully saturated rings. The van der Waals surface area contributed by atoms with E-state index in [-0.39, 0.29) is 6.03 Å². The summed E-state index contributed by atoms with van der Waals surface area (Å²) < 4.78 is 5.78. The number of nitrogens with zero attached hydrogens (tertiary/aromatic N) is 3. The van der Waals surface area contributed by atoms with Gasteiger partial charge in [0.05, 0.1) is 11.6 Å². The maximum atomic E-state index is 12.3. The molecule has 0 spiro atoms. The molecule has 3 aromatic rings. The first-order valence-electron chi connectivity index (χ1n) is 10.2. The van der Waals surface area contributed by atoms with Crippen LogP contribution in [-0.4, -0.2) is 21.8 Å². The van der Waals surface area contributed by atoms with Crippen LogP contribution < -0.4 is 16.4 Å². The molecule has 1 aromatic heterocycles. The average molecular weight is 536 g/mol. The van der Waals surface area contributed by atoms with E-state index in [2.05, 4.69) is 30.9 Å². The van der Waals surface area contributed by atoms with E-state index in [1.807, 2.05) is 24.3 Å². The minimum atomic E-state index is -1.69. The minimum absolute atomic E-state index is 0.347. The number of pyridine rings is 1. The molecule has 7 nitrogen and oxygen atoms in total. The van der Waals surface area contributed by atoms with Gasteiger partial charge in [-0.1, -0.05) is 0 Å². The Bertz CT molecular complexity index is 1270. The van der Waals surface area contributed by atoms with E-state index in [0.717, 1.165) is 26.1 Å². The van der Waals surface area contributed by atoms with E-state index in [1.165, 1.54) is 12.8 Å². The number of amides is 2. The van der Waals surface area contributed by atoms with Crippen LogP contribution in [0.4, 0.5) is 16.2 Å². The molecule has 32 heavy (non-hydrogen) atoms. The van der Waals surface area contributed by atoms with Gasteiger partial charge in [-0.05, 0) is 12.1 Å². The first-order chi connectivity index (χ1) is 15.5. The summed E-state index contributed by atoms with van der Waals surface area (Å²) in [6.07, 6.45) is 2.38. The van der Waals surface area contributed by atoms with Crippen molar-refractivity contribution in [3.8, 4) is 17.2 Å². The van der Waals surface area contributed by atoms with Crippen LogP contribution in [0.3, 0.4) is 0 Å². The molecule has 2 heterocycles. The van der Waals surface area contributed by atoms with Crippen LogP contribution in [-0.2, 0) is 0 Å². The van der Waals surface area contributed by atoms with Crippen LogP contribution in [0.1, 0.15) is 35.6 Å². The molecule has 0 radical (unpaired) electrons. The SMILES string of the molecule is CI1N=C(N)c2c(-c3ccc(NC(=O)Nc4ccc(C#N)cc4)cc3)cc(C3CC3)nc21. The van der Waals surface area contributed by atoms with Gasteiger partial charge in [0.25, 0.3) is 0 Å². The molecule has 1 saturated carbocycles. The van der Waals surface area contributed by atoms with E-state index in [0.29, 0.717) is 28.7 Å². The van der Waals surface area contributed by atoms with E-state index in [1.54, 1.807) is 24.3 Å². The Balaban J connectivity index is 1.36. The summed E-state index contributed by atoms with van der Waals surface area (Å²) in [7, 11) is 0. The van der Waals surface area contributed by atoms with Crippen molar-refractivity contribution in [2.45, 2.75) is 18.8 Å². The van der Waals surface area contributed by atoms with Crippen molar-refractivity contribution >= 4 is 43.3 Å². The zero-order chi connectivity index (χ0) is 22.2. The van der Waals surface area contributed by atoms with Gasteiger partial charge < -0.3 is 0 Å². The number of halogens is 1. The van der Waals surface area contributed by atoms with Crippen molar-refractivity contribution in [2.24, 2.45) is 8.94 Å². The number of alkyl halides is 1. The number of aromatic nitrogens is 1. The van der Waals surface area contributed by atoms with Gasteiger partial charge in [-0.15, -0.1) is 0 Å². The van der Waals surface area contributed by atoms with Gasteiger partial charge in [0.15, 0.2) is 0 Å². The van der Waals surface area contributed by atoms with Crippen molar-refractivity contribution in [2.75, 3.05) is 15.6 Å². The summed E-state index contributed by atoms with van der Waals surface area (Å²) in [6, 6.07) is 18.3. The molecule has 0 atom stereocenters. The summed E-state index contributed by atoms with van der Waals surface area (Å²) in [5.74, 6) is 1.15. The number of nitriles is 1. The molecule has 4 N–H and O–H groups in total. The molecule has 0 saturated heterocycles. The Morgan fingerprint density at radius 2 is 1.72 bits per heavy atom. The van der Waals surface area contributed by atoms with Crippen molar-refractivity contribution in [3.05, 3.63) is 75.1 Å². The molecule has 160 valence electrons.